The second-order valence-electron chi connectivity index (χ2n) is 8.89. The van der Waals surface area contributed by atoms with Crippen molar-refractivity contribution in [2.75, 3.05) is 18.1 Å². The van der Waals surface area contributed by atoms with Gasteiger partial charge in [-0.25, -0.2) is 0 Å². The van der Waals surface area contributed by atoms with E-state index in [-0.39, 0.29) is 11.3 Å². The van der Waals surface area contributed by atoms with Crippen LogP contribution in [0.25, 0.3) is 6.08 Å². The van der Waals surface area contributed by atoms with Gasteiger partial charge in [0.2, 0.25) is 0 Å². The zero-order valence-electron chi connectivity index (χ0n) is 19.5. The van der Waals surface area contributed by atoms with E-state index in [1.807, 2.05) is 72.8 Å². The highest BCUT2D eigenvalue weighted by atomic mass is 32.2. The topological polar surface area (TPSA) is 38.8 Å². The molecule has 1 saturated heterocycles. The van der Waals surface area contributed by atoms with E-state index < -0.39 is 0 Å². The highest BCUT2D eigenvalue weighted by Crippen LogP contribution is 2.36. The molecule has 4 nitrogen and oxygen atoms in total. The van der Waals surface area contributed by atoms with Crippen LogP contribution >= 0.6 is 24.0 Å². The summed E-state index contributed by atoms with van der Waals surface area (Å²) in [5.74, 6) is 1.48. The number of anilines is 1. The van der Waals surface area contributed by atoms with Crippen molar-refractivity contribution >= 4 is 46.0 Å². The Morgan fingerprint density at radius 2 is 1.41 bits per heavy atom. The Morgan fingerprint density at radius 3 is 1.97 bits per heavy atom. The molecular weight excluding hydrogens is 462 g/mol. The third-order valence-electron chi connectivity index (χ3n) is 5.33. The van der Waals surface area contributed by atoms with Crippen LogP contribution in [-0.4, -0.2) is 23.4 Å². The van der Waals surface area contributed by atoms with Crippen molar-refractivity contribution in [2.45, 2.75) is 26.2 Å². The van der Waals surface area contributed by atoms with Crippen molar-refractivity contribution in [1.29, 1.82) is 0 Å². The smallest absolute Gasteiger partial charge is 0.270 e. The number of carbonyl (C=O) groups excluding carboxylic acids is 1. The summed E-state index contributed by atoms with van der Waals surface area (Å²) in [6.07, 6.45) is 1.86. The predicted molar refractivity (Wildman–Crippen MR) is 145 cm³/mol. The van der Waals surface area contributed by atoms with Crippen LogP contribution in [0.3, 0.4) is 0 Å². The molecule has 0 aliphatic carbocycles. The Bertz CT molecular complexity index is 1180. The van der Waals surface area contributed by atoms with Crippen molar-refractivity contribution < 1.29 is 14.3 Å². The lowest BCUT2D eigenvalue weighted by molar-refractivity contribution is -0.113. The molecule has 1 aliphatic heterocycles. The molecular formula is C28H27NO3S2. The SMILES string of the molecule is CC(C)(C)c1ccc(OCCOc2ccc(C=C3SC(=S)N(c4ccccc4)C3=O)cc2)cc1. The van der Waals surface area contributed by atoms with Crippen molar-refractivity contribution in [2.24, 2.45) is 0 Å². The summed E-state index contributed by atoms with van der Waals surface area (Å²) in [6.45, 7) is 7.47. The zero-order chi connectivity index (χ0) is 24.1. The van der Waals surface area contributed by atoms with E-state index in [4.69, 9.17) is 21.7 Å². The summed E-state index contributed by atoms with van der Waals surface area (Å²) in [5.41, 5.74) is 3.10. The van der Waals surface area contributed by atoms with Crippen LogP contribution in [-0.2, 0) is 10.2 Å². The minimum Gasteiger partial charge on any atom is -0.490 e. The number of benzene rings is 3. The molecule has 1 heterocycles. The first-order chi connectivity index (χ1) is 16.3. The molecule has 34 heavy (non-hydrogen) atoms. The Hall–Kier alpha value is -3.09. The van der Waals surface area contributed by atoms with Gasteiger partial charge in [-0.2, -0.15) is 0 Å². The third kappa shape index (κ3) is 5.88. The fourth-order valence-corrected chi connectivity index (χ4v) is 4.75. The molecule has 0 unspecified atom stereocenters. The lowest BCUT2D eigenvalue weighted by Crippen LogP contribution is -2.27. The van der Waals surface area contributed by atoms with Gasteiger partial charge in [0.05, 0.1) is 10.6 Å². The molecule has 0 radical (unpaired) electrons. The summed E-state index contributed by atoms with van der Waals surface area (Å²) in [6, 6.07) is 25.3. The molecule has 0 N–H and O–H groups in total. The molecule has 0 spiro atoms. The summed E-state index contributed by atoms with van der Waals surface area (Å²) in [5, 5.41) is 0. The van der Waals surface area contributed by atoms with E-state index in [0.717, 1.165) is 22.7 Å². The summed E-state index contributed by atoms with van der Waals surface area (Å²) in [7, 11) is 0. The van der Waals surface area contributed by atoms with Gasteiger partial charge in [0.25, 0.3) is 5.91 Å². The first-order valence-electron chi connectivity index (χ1n) is 11.1. The zero-order valence-corrected chi connectivity index (χ0v) is 21.1. The third-order valence-corrected chi connectivity index (χ3v) is 6.63. The van der Waals surface area contributed by atoms with Crippen LogP contribution < -0.4 is 14.4 Å². The minimum absolute atomic E-state index is 0.103. The number of thioether (sulfide) groups is 1. The largest absolute Gasteiger partial charge is 0.490 e. The number of ether oxygens (including phenoxy) is 2. The molecule has 6 heteroatoms. The number of thiocarbonyl (C=S) groups is 1. The standard InChI is InChI=1S/C28H27NO3S2/c1-28(2,3)21-11-15-24(16-12-21)32-18-17-31-23-13-9-20(10-14-23)19-25-26(30)29(27(33)34-25)22-7-5-4-6-8-22/h4-16,19H,17-18H2,1-3H3. The van der Waals surface area contributed by atoms with E-state index in [0.29, 0.717) is 22.4 Å². The van der Waals surface area contributed by atoms with Gasteiger partial charge in [-0.15, -0.1) is 0 Å². The fourth-order valence-electron chi connectivity index (χ4n) is 3.45. The number of para-hydroxylation sites is 1. The molecule has 3 aromatic rings. The van der Waals surface area contributed by atoms with E-state index in [2.05, 4.69) is 32.9 Å². The monoisotopic (exact) mass is 489 g/mol. The van der Waals surface area contributed by atoms with Crippen LogP contribution in [0.5, 0.6) is 11.5 Å². The number of amides is 1. The van der Waals surface area contributed by atoms with Crippen LogP contribution in [0, 0.1) is 0 Å². The Morgan fingerprint density at radius 1 is 0.853 bits per heavy atom. The van der Waals surface area contributed by atoms with Gasteiger partial charge in [0, 0.05) is 0 Å². The lowest BCUT2D eigenvalue weighted by Gasteiger charge is -2.19. The van der Waals surface area contributed by atoms with Crippen LogP contribution in [0.1, 0.15) is 31.9 Å². The van der Waals surface area contributed by atoms with Gasteiger partial charge in [-0.3, -0.25) is 9.69 Å². The van der Waals surface area contributed by atoms with E-state index in [1.165, 1.54) is 17.3 Å². The highest BCUT2D eigenvalue weighted by molar-refractivity contribution is 8.27. The predicted octanol–water partition coefficient (Wildman–Crippen LogP) is 6.85. The summed E-state index contributed by atoms with van der Waals surface area (Å²) >= 11 is 6.74. The molecule has 174 valence electrons. The van der Waals surface area contributed by atoms with Crippen molar-refractivity contribution in [3.8, 4) is 11.5 Å². The minimum atomic E-state index is -0.103. The molecule has 0 atom stereocenters. The Kier molecular flexibility index (Phi) is 7.39. The normalized spacial score (nSPS) is 15.1. The van der Waals surface area contributed by atoms with E-state index in [9.17, 15) is 4.79 Å². The molecule has 0 bridgehead atoms. The molecule has 3 aromatic carbocycles. The van der Waals surface area contributed by atoms with Gasteiger partial charge < -0.3 is 9.47 Å². The molecule has 1 amide bonds. The number of hydrogen-bond donors (Lipinski definition) is 0. The molecule has 1 aliphatic rings. The van der Waals surface area contributed by atoms with Crippen LogP contribution in [0.15, 0.2) is 83.8 Å². The average Bonchev–Trinajstić information content (AvgIpc) is 3.10. The second-order valence-corrected chi connectivity index (χ2v) is 10.6. The van der Waals surface area contributed by atoms with Crippen molar-refractivity contribution in [3.05, 3.63) is 94.9 Å². The average molecular weight is 490 g/mol. The first-order valence-corrected chi connectivity index (χ1v) is 12.3. The fraction of sp³-hybridized carbons (Fsp3) is 0.214. The molecule has 0 saturated carbocycles. The van der Waals surface area contributed by atoms with Crippen molar-refractivity contribution in [1.82, 2.24) is 0 Å². The highest BCUT2D eigenvalue weighted by Gasteiger charge is 2.33. The number of rotatable bonds is 7. The maximum absolute atomic E-state index is 12.9. The van der Waals surface area contributed by atoms with Gasteiger partial charge in [0.15, 0.2) is 4.32 Å². The Balaban J connectivity index is 1.29. The van der Waals surface area contributed by atoms with Gasteiger partial charge >= 0.3 is 0 Å². The Labute approximate surface area is 210 Å². The maximum Gasteiger partial charge on any atom is 0.270 e. The maximum atomic E-state index is 12.9. The van der Waals surface area contributed by atoms with Crippen LogP contribution in [0.2, 0.25) is 0 Å². The molecule has 4 rings (SSSR count). The first kappa shape index (κ1) is 24.0. The summed E-state index contributed by atoms with van der Waals surface area (Å²) < 4.78 is 12.1. The lowest BCUT2D eigenvalue weighted by atomic mass is 9.87. The number of hydrogen-bond acceptors (Lipinski definition) is 5. The number of carbonyl (C=O) groups is 1. The molecule has 1 fully saturated rings. The van der Waals surface area contributed by atoms with Gasteiger partial charge in [0.1, 0.15) is 24.7 Å². The van der Waals surface area contributed by atoms with E-state index >= 15 is 0 Å². The number of nitrogens with zero attached hydrogens (tertiary/aromatic N) is 1. The summed E-state index contributed by atoms with van der Waals surface area (Å²) in [4.78, 5) is 15.0. The quantitative estimate of drug-likeness (QED) is 0.206. The van der Waals surface area contributed by atoms with Crippen molar-refractivity contribution in [3.63, 3.8) is 0 Å². The molecule has 0 aromatic heterocycles. The van der Waals surface area contributed by atoms with Crippen LogP contribution in [0.4, 0.5) is 5.69 Å². The second kappa shape index (κ2) is 10.5. The van der Waals surface area contributed by atoms with E-state index in [1.54, 1.807) is 4.90 Å². The van der Waals surface area contributed by atoms with Gasteiger partial charge in [-0.1, -0.05) is 87.2 Å². The van der Waals surface area contributed by atoms with Gasteiger partial charge in [-0.05, 0) is 59.0 Å².